The summed E-state index contributed by atoms with van der Waals surface area (Å²) < 4.78 is 0. The Kier molecular flexibility index (Phi) is 2.71. The van der Waals surface area contributed by atoms with E-state index < -0.39 is 0 Å². The third kappa shape index (κ3) is 3.83. The normalized spacial score (nSPS) is 18.4. The SMILES string of the molecule is CC(C)CC(O)C=CN1C=C1. The van der Waals surface area contributed by atoms with E-state index in [0.717, 1.165) is 6.42 Å². The van der Waals surface area contributed by atoms with E-state index in [1.807, 2.05) is 29.6 Å². The van der Waals surface area contributed by atoms with Crippen LogP contribution in [0.25, 0.3) is 0 Å². The number of hydrogen-bond acceptors (Lipinski definition) is 2. The number of hydrogen-bond donors (Lipinski definition) is 1. The average molecular weight is 153 g/mol. The highest BCUT2D eigenvalue weighted by Gasteiger charge is 2.04. The lowest BCUT2D eigenvalue weighted by atomic mass is 10.1. The Morgan fingerprint density at radius 2 is 2.09 bits per heavy atom. The zero-order valence-electron chi connectivity index (χ0n) is 7.07. The van der Waals surface area contributed by atoms with Crippen LogP contribution in [-0.2, 0) is 0 Å². The second kappa shape index (κ2) is 3.58. The second-order valence-corrected chi connectivity index (χ2v) is 3.28. The third-order valence-corrected chi connectivity index (χ3v) is 1.51. The van der Waals surface area contributed by atoms with Crippen molar-refractivity contribution in [3.8, 4) is 0 Å². The highest BCUT2D eigenvalue weighted by Crippen LogP contribution is 2.09. The van der Waals surface area contributed by atoms with Gasteiger partial charge in [0.05, 0.1) is 6.10 Å². The molecular formula is C9H15NO. The molecule has 11 heavy (non-hydrogen) atoms. The maximum absolute atomic E-state index is 9.36. The molecule has 1 unspecified atom stereocenters. The molecule has 1 rings (SSSR count). The molecule has 0 aromatic heterocycles. The Balaban J connectivity index is 2.13. The quantitative estimate of drug-likeness (QED) is 0.664. The highest BCUT2D eigenvalue weighted by molar-refractivity contribution is 5.09. The van der Waals surface area contributed by atoms with Crippen molar-refractivity contribution in [1.82, 2.24) is 4.90 Å². The molecular weight excluding hydrogens is 138 g/mol. The lowest BCUT2D eigenvalue weighted by Crippen LogP contribution is -2.06. The van der Waals surface area contributed by atoms with Crippen LogP contribution in [0.1, 0.15) is 20.3 Å². The van der Waals surface area contributed by atoms with Gasteiger partial charge in [-0.3, -0.25) is 0 Å². The van der Waals surface area contributed by atoms with Crippen LogP contribution in [0.15, 0.2) is 24.7 Å². The van der Waals surface area contributed by atoms with Gasteiger partial charge in [0.15, 0.2) is 0 Å². The standard InChI is InChI=1S/C9H15NO/c1-8(2)7-9(11)3-4-10-5-6-10/h3-6,8-9,11H,7H2,1-2H3. The summed E-state index contributed by atoms with van der Waals surface area (Å²) in [7, 11) is 0. The van der Waals surface area contributed by atoms with Crippen LogP contribution in [0, 0.1) is 5.92 Å². The molecule has 0 aromatic carbocycles. The zero-order chi connectivity index (χ0) is 8.27. The number of nitrogens with zero attached hydrogens (tertiary/aromatic N) is 1. The molecule has 2 heteroatoms. The molecule has 0 aromatic rings. The maximum atomic E-state index is 9.36. The van der Waals surface area contributed by atoms with E-state index >= 15 is 0 Å². The molecule has 0 saturated heterocycles. The van der Waals surface area contributed by atoms with Gasteiger partial charge >= 0.3 is 0 Å². The van der Waals surface area contributed by atoms with Gasteiger partial charge in [-0.05, 0) is 18.4 Å². The summed E-state index contributed by atoms with van der Waals surface area (Å²) in [4.78, 5) is 1.92. The first-order valence-corrected chi connectivity index (χ1v) is 4.00. The van der Waals surface area contributed by atoms with Crippen molar-refractivity contribution in [2.75, 3.05) is 0 Å². The van der Waals surface area contributed by atoms with Crippen LogP contribution in [-0.4, -0.2) is 16.1 Å². The Morgan fingerprint density at radius 1 is 1.45 bits per heavy atom. The van der Waals surface area contributed by atoms with Gasteiger partial charge in [-0.15, -0.1) is 0 Å². The summed E-state index contributed by atoms with van der Waals surface area (Å²) in [5, 5.41) is 9.36. The number of rotatable bonds is 4. The molecule has 0 radical (unpaired) electrons. The fourth-order valence-electron chi connectivity index (χ4n) is 0.898. The summed E-state index contributed by atoms with van der Waals surface area (Å²) in [6.45, 7) is 4.21. The van der Waals surface area contributed by atoms with Crippen molar-refractivity contribution >= 4 is 0 Å². The molecule has 0 fully saturated rings. The first-order chi connectivity index (χ1) is 5.18. The minimum Gasteiger partial charge on any atom is -0.389 e. The molecule has 1 atom stereocenters. The van der Waals surface area contributed by atoms with Gasteiger partial charge in [-0.1, -0.05) is 13.8 Å². The number of aliphatic hydroxyl groups is 1. The van der Waals surface area contributed by atoms with Crippen molar-refractivity contribution < 1.29 is 5.11 Å². The van der Waals surface area contributed by atoms with Gasteiger partial charge in [0.25, 0.3) is 0 Å². The van der Waals surface area contributed by atoms with Crippen LogP contribution in [0.4, 0.5) is 0 Å². The smallest absolute Gasteiger partial charge is 0.0740 e. The molecule has 0 amide bonds. The van der Waals surface area contributed by atoms with E-state index in [1.54, 1.807) is 0 Å². The Hall–Kier alpha value is -0.760. The van der Waals surface area contributed by atoms with Gasteiger partial charge < -0.3 is 10.0 Å². The minimum absolute atomic E-state index is 0.294. The van der Waals surface area contributed by atoms with Crippen molar-refractivity contribution in [2.45, 2.75) is 26.4 Å². The predicted octanol–water partition coefficient (Wildman–Crippen LogP) is 1.69. The van der Waals surface area contributed by atoms with E-state index in [0.29, 0.717) is 5.92 Å². The monoisotopic (exact) mass is 153 g/mol. The van der Waals surface area contributed by atoms with Crippen LogP contribution >= 0.6 is 0 Å². The first kappa shape index (κ1) is 8.34. The van der Waals surface area contributed by atoms with Gasteiger partial charge in [0.1, 0.15) is 0 Å². The largest absolute Gasteiger partial charge is 0.389 e. The number of aliphatic hydroxyl groups excluding tert-OH is 1. The molecule has 1 aliphatic heterocycles. The maximum Gasteiger partial charge on any atom is 0.0740 e. The zero-order valence-corrected chi connectivity index (χ0v) is 7.07. The van der Waals surface area contributed by atoms with Crippen LogP contribution in [0.3, 0.4) is 0 Å². The molecule has 0 aliphatic carbocycles. The molecule has 2 nitrogen and oxygen atoms in total. The highest BCUT2D eigenvalue weighted by atomic mass is 16.3. The molecule has 1 aliphatic rings. The average Bonchev–Trinajstić information content (AvgIpc) is 2.63. The molecule has 62 valence electrons. The Morgan fingerprint density at radius 3 is 2.55 bits per heavy atom. The third-order valence-electron chi connectivity index (χ3n) is 1.51. The van der Waals surface area contributed by atoms with Gasteiger partial charge in [0, 0.05) is 18.6 Å². The van der Waals surface area contributed by atoms with Crippen LogP contribution in [0.2, 0.25) is 0 Å². The fraction of sp³-hybridized carbons (Fsp3) is 0.556. The summed E-state index contributed by atoms with van der Waals surface area (Å²) in [6.07, 6.45) is 8.13. The van der Waals surface area contributed by atoms with Crippen molar-refractivity contribution in [3.05, 3.63) is 24.7 Å². The predicted molar refractivity (Wildman–Crippen MR) is 45.6 cm³/mol. The molecule has 0 bridgehead atoms. The topological polar surface area (TPSA) is 23.2 Å². The van der Waals surface area contributed by atoms with E-state index in [9.17, 15) is 5.11 Å². The van der Waals surface area contributed by atoms with Crippen molar-refractivity contribution in [1.29, 1.82) is 0 Å². The Bertz CT molecular complexity index is 166. The Labute approximate surface area is 67.8 Å². The molecule has 1 heterocycles. The van der Waals surface area contributed by atoms with E-state index in [-0.39, 0.29) is 6.10 Å². The summed E-state index contributed by atoms with van der Waals surface area (Å²) in [5.41, 5.74) is 0. The van der Waals surface area contributed by atoms with Gasteiger partial charge in [0.2, 0.25) is 0 Å². The first-order valence-electron chi connectivity index (χ1n) is 4.00. The lowest BCUT2D eigenvalue weighted by Gasteiger charge is -2.07. The summed E-state index contributed by atoms with van der Waals surface area (Å²) in [6, 6.07) is 0. The van der Waals surface area contributed by atoms with Gasteiger partial charge in [-0.25, -0.2) is 0 Å². The summed E-state index contributed by atoms with van der Waals surface area (Å²) >= 11 is 0. The van der Waals surface area contributed by atoms with E-state index in [1.165, 1.54) is 0 Å². The summed E-state index contributed by atoms with van der Waals surface area (Å²) in [5.74, 6) is 0.553. The van der Waals surface area contributed by atoms with E-state index in [4.69, 9.17) is 0 Å². The second-order valence-electron chi connectivity index (χ2n) is 3.28. The van der Waals surface area contributed by atoms with Crippen molar-refractivity contribution in [2.24, 2.45) is 5.92 Å². The van der Waals surface area contributed by atoms with E-state index in [2.05, 4.69) is 13.8 Å². The minimum atomic E-state index is -0.294. The van der Waals surface area contributed by atoms with Crippen LogP contribution < -0.4 is 0 Å². The van der Waals surface area contributed by atoms with Crippen LogP contribution in [0.5, 0.6) is 0 Å². The van der Waals surface area contributed by atoms with Crippen molar-refractivity contribution in [3.63, 3.8) is 0 Å². The molecule has 0 spiro atoms. The van der Waals surface area contributed by atoms with Gasteiger partial charge in [-0.2, -0.15) is 0 Å². The molecule has 1 N–H and O–H groups in total. The fourth-order valence-corrected chi connectivity index (χ4v) is 0.898. The molecule has 0 saturated carbocycles. The lowest BCUT2D eigenvalue weighted by molar-refractivity contribution is 0.194.